The summed E-state index contributed by atoms with van der Waals surface area (Å²) in [7, 11) is 0. The van der Waals surface area contributed by atoms with Crippen molar-refractivity contribution in [2.24, 2.45) is 0 Å². The van der Waals surface area contributed by atoms with Crippen molar-refractivity contribution in [3.8, 4) is 5.88 Å². The van der Waals surface area contributed by atoms with Crippen molar-refractivity contribution in [3.63, 3.8) is 0 Å². The normalized spacial score (nSPS) is 11.4. The van der Waals surface area contributed by atoms with Crippen LogP contribution in [0.3, 0.4) is 0 Å². The Morgan fingerprint density at radius 3 is 2.93 bits per heavy atom. The molecule has 0 aliphatic heterocycles. The molecule has 70 valence electrons. The van der Waals surface area contributed by atoms with Crippen LogP contribution >= 0.6 is 0 Å². The Bertz CT molecular complexity index is 566. The van der Waals surface area contributed by atoms with Gasteiger partial charge in [-0.2, -0.15) is 0 Å². The van der Waals surface area contributed by atoms with Crippen molar-refractivity contribution in [1.29, 1.82) is 0 Å². The van der Waals surface area contributed by atoms with Crippen LogP contribution in [-0.4, -0.2) is 10.1 Å². The molecule has 0 fully saturated rings. The molecule has 2 heterocycles. The zero-order chi connectivity index (χ0) is 9.71. The summed E-state index contributed by atoms with van der Waals surface area (Å²) < 4.78 is 5.27. The van der Waals surface area contributed by atoms with Gasteiger partial charge in [-0.1, -0.05) is 0 Å². The van der Waals surface area contributed by atoms with E-state index in [-0.39, 0.29) is 5.88 Å². The number of furan rings is 1. The van der Waals surface area contributed by atoms with Gasteiger partial charge in [-0.25, -0.2) is 0 Å². The van der Waals surface area contributed by atoms with Crippen molar-refractivity contribution >= 4 is 27.8 Å². The second kappa shape index (κ2) is 2.23. The maximum Gasteiger partial charge on any atom is 0.191 e. The van der Waals surface area contributed by atoms with E-state index < -0.39 is 0 Å². The predicted molar refractivity (Wildman–Crippen MR) is 54.1 cm³/mol. The van der Waals surface area contributed by atoms with Crippen LogP contribution in [-0.2, 0) is 0 Å². The van der Waals surface area contributed by atoms with E-state index in [2.05, 4.69) is 4.98 Å². The van der Waals surface area contributed by atoms with Crippen LogP contribution in [0.2, 0.25) is 0 Å². The molecular formula is C10H8N2O2. The lowest BCUT2D eigenvalue weighted by atomic mass is 10.2. The summed E-state index contributed by atoms with van der Waals surface area (Å²) in [6, 6.07) is 7.09. The average molecular weight is 188 g/mol. The largest absolute Gasteiger partial charge is 0.495 e. The fourth-order valence-electron chi connectivity index (χ4n) is 1.73. The van der Waals surface area contributed by atoms with Crippen LogP contribution in [0, 0.1) is 0 Å². The smallest absolute Gasteiger partial charge is 0.191 e. The van der Waals surface area contributed by atoms with Crippen molar-refractivity contribution in [2.75, 3.05) is 5.73 Å². The molecule has 14 heavy (non-hydrogen) atoms. The fourth-order valence-corrected chi connectivity index (χ4v) is 1.73. The number of aromatic amines is 1. The van der Waals surface area contributed by atoms with E-state index >= 15 is 0 Å². The second-order valence-electron chi connectivity index (χ2n) is 3.24. The molecule has 0 aliphatic rings. The molecule has 1 aromatic carbocycles. The van der Waals surface area contributed by atoms with Gasteiger partial charge < -0.3 is 20.2 Å². The van der Waals surface area contributed by atoms with Crippen LogP contribution < -0.4 is 5.73 Å². The molecule has 4 nitrogen and oxygen atoms in total. The molecule has 4 N–H and O–H groups in total. The standard InChI is InChI=1S/C10H8N2O2/c11-9-3-6-5-4-10(13)12-7(5)1-2-8(6)14-9/h1-4,12-13H,11H2. The number of nitrogens with one attached hydrogen (secondary N) is 1. The average Bonchev–Trinajstić information content (AvgIpc) is 2.65. The molecule has 0 saturated carbocycles. The van der Waals surface area contributed by atoms with Crippen LogP contribution in [0.15, 0.2) is 28.7 Å². The van der Waals surface area contributed by atoms with Crippen LogP contribution in [0.1, 0.15) is 0 Å². The highest BCUT2D eigenvalue weighted by molar-refractivity contribution is 6.06. The summed E-state index contributed by atoms with van der Waals surface area (Å²) in [6.07, 6.45) is 0. The number of hydrogen-bond acceptors (Lipinski definition) is 3. The van der Waals surface area contributed by atoms with E-state index in [9.17, 15) is 5.11 Å². The Morgan fingerprint density at radius 2 is 2.07 bits per heavy atom. The first-order valence-electron chi connectivity index (χ1n) is 4.24. The van der Waals surface area contributed by atoms with Gasteiger partial charge in [0.25, 0.3) is 0 Å². The van der Waals surface area contributed by atoms with Gasteiger partial charge in [0.15, 0.2) is 11.8 Å². The zero-order valence-electron chi connectivity index (χ0n) is 7.24. The fraction of sp³-hybridized carbons (Fsp3) is 0. The minimum Gasteiger partial charge on any atom is -0.495 e. The molecule has 3 aromatic rings. The van der Waals surface area contributed by atoms with Gasteiger partial charge in [-0.3, -0.25) is 0 Å². The maximum absolute atomic E-state index is 9.30. The van der Waals surface area contributed by atoms with Gasteiger partial charge in [0.2, 0.25) is 0 Å². The molecular weight excluding hydrogens is 180 g/mol. The first-order valence-corrected chi connectivity index (χ1v) is 4.24. The third kappa shape index (κ3) is 0.821. The van der Waals surface area contributed by atoms with Crippen molar-refractivity contribution in [2.45, 2.75) is 0 Å². The topological polar surface area (TPSA) is 75.2 Å². The van der Waals surface area contributed by atoms with Gasteiger partial charge in [0.05, 0.1) is 0 Å². The molecule has 2 aromatic heterocycles. The molecule has 0 radical (unpaired) electrons. The molecule has 0 aliphatic carbocycles. The highest BCUT2D eigenvalue weighted by Gasteiger charge is 2.07. The third-order valence-electron chi connectivity index (χ3n) is 2.31. The Hall–Kier alpha value is -2.10. The highest BCUT2D eigenvalue weighted by atomic mass is 16.3. The zero-order valence-corrected chi connectivity index (χ0v) is 7.24. The van der Waals surface area contributed by atoms with Gasteiger partial charge in [0, 0.05) is 28.4 Å². The van der Waals surface area contributed by atoms with E-state index in [0.29, 0.717) is 5.88 Å². The molecule has 0 amide bonds. The summed E-state index contributed by atoms with van der Waals surface area (Å²) in [4.78, 5) is 2.83. The number of aromatic hydroxyl groups is 1. The third-order valence-corrected chi connectivity index (χ3v) is 2.31. The number of benzene rings is 1. The quantitative estimate of drug-likeness (QED) is 0.506. The molecule has 3 rings (SSSR count). The van der Waals surface area contributed by atoms with Crippen LogP contribution in [0.4, 0.5) is 5.88 Å². The van der Waals surface area contributed by atoms with E-state index in [4.69, 9.17) is 10.2 Å². The van der Waals surface area contributed by atoms with Gasteiger partial charge in [-0.05, 0) is 12.1 Å². The van der Waals surface area contributed by atoms with Gasteiger partial charge >= 0.3 is 0 Å². The lowest BCUT2D eigenvalue weighted by molar-refractivity contribution is 0.458. The molecule has 0 bridgehead atoms. The van der Waals surface area contributed by atoms with Crippen LogP contribution in [0.5, 0.6) is 5.88 Å². The Balaban J connectivity index is 2.58. The summed E-state index contributed by atoms with van der Waals surface area (Å²) in [5, 5.41) is 11.1. The Kier molecular flexibility index (Phi) is 1.16. The monoisotopic (exact) mass is 188 g/mol. The molecule has 0 unspecified atom stereocenters. The highest BCUT2D eigenvalue weighted by Crippen LogP contribution is 2.30. The first kappa shape index (κ1) is 7.32. The Labute approximate surface area is 78.9 Å². The van der Waals surface area contributed by atoms with E-state index in [1.807, 2.05) is 12.1 Å². The number of rotatable bonds is 0. The van der Waals surface area contributed by atoms with E-state index in [1.54, 1.807) is 12.1 Å². The number of aromatic nitrogens is 1. The number of fused-ring (bicyclic) bond motifs is 3. The van der Waals surface area contributed by atoms with Gasteiger partial charge in [0.1, 0.15) is 5.58 Å². The number of anilines is 1. The Morgan fingerprint density at radius 1 is 1.21 bits per heavy atom. The second-order valence-corrected chi connectivity index (χ2v) is 3.24. The minimum atomic E-state index is 0.146. The van der Waals surface area contributed by atoms with Crippen molar-refractivity contribution < 1.29 is 9.52 Å². The lowest BCUT2D eigenvalue weighted by Crippen LogP contribution is -1.75. The van der Waals surface area contributed by atoms with E-state index in [0.717, 1.165) is 21.9 Å². The first-order chi connectivity index (χ1) is 6.74. The summed E-state index contributed by atoms with van der Waals surface area (Å²) in [6.45, 7) is 0. The summed E-state index contributed by atoms with van der Waals surface area (Å²) in [5.74, 6) is 0.528. The lowest BCUT2D eigenvalue weighted by Gasteiger charge is -1.89. The number of hydrogen-bond donors (Lipinski definition) is 3. The molecule has 0 atom stereocenters. The maximum atomic E-state index is 9.30. The molecule has 0 spiro atoms. The number of H-pyrrole nitrogens is 1. The predicted octanol–water partition coefficient (Wildman–Crippen LogP) is 2.20. The number of nitrogens with two attached hydrogens (primary N) is 1. The van der Waals surface area contributed by atoms with E-state index in [1.165, 1.54) is 0 Å². The minimum absolute atomic E-state index is 0.146. The van der Waals surface area contributed by atoms with Crippen molar-refractivity contribution in [3.05, 3.63) is 24.3 Å². The van der Waals surface area contributed by atoms with Crippen molar-refractivity contribution in [1.82, 2.24) is 4.98 Å². The number of nitrogen functional groups attached to an aromatic ring is 1. The SMILES string of the molecule is Nc1cc2c(ccc3[nH]c(O)cc32)o1. The summed E-state index contributed by atoms with van der Waals surface area (Å²) in [5.41, 5.74) is 7.15. The van der Waals surface area contributed by atoms with Crippen LogP contribution in [0.25, 0.3) is 21.9 Å². The molecule has 4 heteroatoms. The van der Waals surface area contributed by atoms with Gasteiger partial charge in [-0.15, -0.1) is 0 Å². The summed E-state index contributed by atoms with van der Waals surface area (Å²) >= 11 is 0. The molecule has 0 saturated heterocycles.